The van der Waals surface area contributed by atoms with Gasteiger partial charge in [-0.3, -0.25) is 0 Å². The zero-order valence-corrected chi connectivity index (χ0v) is 10.6. The van der Waals surface area contributed by atoms with E-state index in [4.69, 9.17) is 9.47 Å². The molecule has 1 aliphatic rings. The molecule has 0 saturated heterocycles. The monoisotopic (exact) mass is 243 g/mol. The summed E-state index contributed by atoms with van der Waals surface area (Å²) >= 11 is 0. The highest BCUT2D eigenvalue weighted by molar-refractivity contribution is 5.87. The Hall–Kier alpha value is -1.77. The van der Waals surface area contributed by atoms with Crippen molar-refractivity contribution in [2.45, 2.75) is 19.3 Å². The molecule has 3 nitrogen and oxygen atoms in total. The lowest BCUT2D eigenvalue weighted by molar-refractivity contribution is 0.181. The van der Waals surface area contributed by atoms with Crippen molar-refractivity contribution in [3.63, 3.8) is 0 Å². The van der Waals surface area contributed by atoms with Crippen molar-refractivity contribution >= 4 is 10.8 Å². The third kappa shape index (κ3) is 2.13. The van der Waals surface area contributed by atoms with Gasteiger partial charge in [0, 0.05) is 11.6 Å². The smallest absolute Gasteiger partial charge is 0.221 e. The maximum Gasteiger partial charge on any atom is 0.221 e. The van der Waals surface area contributed by atoms with Gasteiger partial charge in [0.1, 0.15) is 5.75 Å². The molecule has 0 bridgehead atoms. The minimum Gasteiger partial charge on any atom is -0.493 e. The standard InChI is InChI=1S/C15H17NO2/c1-17-15-14-6-5-13(9-12(14)7-8-16-15)18-10-11-3-2-4-11/h5-9,11H,2-4,10H2,1H3. The first-order valence-electron chi connectivity index (χ1n) is 6.42. The van der Waals surface area contributed by atoms with Gasteiger partial charge in [-0.2, -0.15) is 0 Å². The molecule has 1 aromatic carbocycles. The highest BCUT2D eigenvalue weighted by atomic mass is 16.5. The summed E-state index contributed by atoms with van der Waals surface area (Å²) < 4.78 is 11.1. The lowest BCUT2D eigenvalue weighted by atomic mass is 9.86. The SMILES string of the molecule is COc1nccc2cc(OCC3CCC3)ccc12. The Kier molecular flexibility index (Phi) is 3.05. The highest BCUT2D eigenvalue weighted by Gasteiger charge is 2.17. The normalized spacial score (nSPS) is 15.4. The molecule has 0 spiro atoms. The van der Waals surface area contributed by atoms with Crippen LogP contribution in [0.2, 0.25) is 0 Å². The minimum absolute atomic E-state index is 0.665. The van der Waals surface area contributed by atoms with Gasteiger partial charge < -0.3 is 9.47 Å². The summed E-state index contributed by atoms with van der Waals surface area (Å²) in [6.07, 6.45) is 5.74. The third-order valence-electron chi connectivity index (χ3n) is 3.60. The maximum atomic E-state index is 5.83. The Morgan fingerprint density at radius 1 is 1.28 bits per heavy atom. The van der Waals surface area contributed by atoms with Crippen LogP contribution in [0.4, 0.5) is 0 Å². The van der Waals surface area contributed by atoms with Gasteiger partial charge in [-0.05, 0) is 48.4 Å². The average Bonchev–Trinajstić information content (AvgIpc) is 2.36. The fourth-order valence-corrected chi connectivity index (χ4v) is 2.25. The topological polar surface area (TPSA) is 31.4 Å². The molecular weight excluding hydrogens is 226 g/mol. The molecule has 0 aliphatic heterocycles. The largest absolute Gasteiger partial charge is 0.493 e. The molecule has 3 rings (SSSR count). The van der Waals surface area contributed by atoms with E-state index in [1.54, 1.807) is 13.3 Å². The molecular formula is C15H17NO2. The van der Waals surface area contributed by atoms with Crippen LogP contribution in [0.25, 0.3) is 10.8 Å². The number of pyridine rings is 1. The minimum atomic E-state index is 0.665. The summed E-state index contributed by atoms with van der Waals surface area (Å²) in [5.41, 5.74) is 0. The van der Waals surface area contributed by atoms with Crippen molar-refractivity contribution in [2.24, 2.45) is 5.92 Å². The van der Waals surface area contributed by atoms with E-state index in [0.717, 1.165) is 29.0 Å². The van der Waals surface area contributed by atoms with Crippen LogP contribution >= 0.6 is 0 Å². The fourth-order valence-electron chi connectivity index (χ4n) is 2.25. The number of benzene rings is 1. The van der Waals surface area contributed by atoms with Gasteiger partial charge >= 0.3 is 0 Å². The quantitative estimate of drug-likeness (QED) is 0.824. The molecule has 1 aliphatic carbocycles. The molecule has 0 radical (unpaired) electrons. The molecule has 2 aromatic rings. The lowest BCUT2D eigenvalue weighted by Crippen LogP contribution is -2.19. The second-order valence-electron chi connectivity index (χ2n) is 4.81. The molecule has 1 fully saturated rings. The first-order chi connectivity index (χ1) is 8.86. The van der Waals surface area contributed by atoms with Crippen LogP contribution in [0, 0.1) is 5.92 Å². The van der Waals surface area contributed by atoms with Crippen molar-refractivity contribution in [2.75, 3.05) is 13.7 Å². The van der Waals surface area contributed by atoms with E-state index >= 15 is 0 Å². The molecule has 0 atom stereocenters. The van der Waals surface area contributed by atoms with Crippen molar-refractivity contribution in [3.05, 3.63) is 30.5 Å². The zero-order chi connectivity index (χ0) is 12.4. The van der Waals surface area contributed by atoms with Crippen LogP contribution in [0.15, 0.2) is 30.5 Å². The van der Waals surface area contributed by atoms with E-state index in [9.17, 15) is 0 Å². The molecule has 1 saturated carbocycles. The van der Waals surface area contributed by atoms with Gasteiger partial charge in [0.2, 0.25) is 5.88 Å². The Morgan fingerprint density at radius 3 is 2.89 bits per heavy atom. The average molecular weight is 243 g/mol. The maximum absolute atomic E-state index is 5.83. The first kappa shape index (κ1) is 11.3. The van der Waals surface area contributed by atoms with Gasteiger partial charge in [0.15, 0.2) is 0 Å². The van der Waals surface area contributed by atoms with Crippen molar-refractivity contribution < 1.29 is 9.47 Å². The number of rotatable bonds is 4. The number of hydrogen-bond acceptors (Lipinski definition) is 3. The second kappa shape index (κ2) is 4.84. The van der Waals surface area contributed by atoms with Crippen molar-refractivity contribution in [3.8, 4) is 11.6 Å². The Bertz CT molecular complexity index is 549. The van der Waals surface area contributed by atoms with Gasteiger partial charge in [0.25, 0.3) is 0 Å². The Morgan fingerprint density at radius 2 is 2.17 bits per heavy atom. The number of fused-ring (bicyclic) bond motifs is 1. The number of methoxy groups -OCH3 is 1. The summed E-state index contributed by atoms with van der Waals surface area (Å²) in [4.78, 5) is 4.19. The molecule has 18 heavy (non-hydrogen) atoms. The summed E-state index contributed by atoms with van der Waals surface area (Å²) in [6, 6.07) is 8.04. The summed E-state index contributed by atoms with van der Waals surface area (Å²) in [6.45, 7) is 0.841. The van der Waals surface area contributed by atoms with Gasteiger partial charge in [-0.15, -0.1) is 0 Å². The van der Waals surface area contributed by atoms with Crippen LogP contribution in [0.3, 0.4) is 0 Å². The predicted molar refractivity (Wildman–Crippen MR) is 71.1 cm³/mol. The Labute approximate surface area is 107 Å². The second-order valence-corrected chi connectivity index (χ2v) is 4.81. The van der Waals surface area contributed by atoms with Crippen molar-refractivity contribution in [1.29, 1.82) is 0 Å². The molecule has 1 aromatic heterocycles. The third-order valence-corrected chi connectivity index (χ3v) is 3.60. The number of ether oxygens (including phenoxy) is 2. The number of nitrogens with zero attached hydrogens (tertiary/aromatic N) is 1. The van der Waals surface area contributed by atoms with Crippen LogP contribution in [-0.2, 0) is 0 Å². The van der Waals surface area contributed by atoms with Crippen LogP contribution in [0.5, 0.6) is 11.6 Å². The number of aromatic nitrogens is 1. The highest BCUT2D eigenvalue weighted by Crippen LogP contribution is 2.29. The van der Waals surface area contributed by atoms with E-state index in [0.29, 0.717) is 5.88 Å². The molecule has 94 valence electrons. The zero-order valence-electron chi connectivity index (χ0n) is 10.6. The van der Waals surface area contributed by atoms with E-state index < -0.39 is 0 Å². The predicted octanol–water partition coefficient (Wildman–Crippen LogP) is 3.42. The van der Waals surface area contributed by atoms with Gasteiger partial charge in [-0.25, -0.2) is 4.98 Å². The van der Waals surface area contributed by atoms with E-state index in [2.05, 4.69) is 11.1 Å². The van der Waals surface area contributed by atoms with Crippen LogP contribution in [0.1, 0.15) is 19.3 Å². The van der Waals surface area contributed by atoms with E-state index in [-0.39, 0.29) is 0 Å². The first-order valence-corrected chi connectivity index (χ1v) is 6.42. The van der Waals surface area contributed by atoms with Gasteiger partial charge in [-0.1, -0.05) is 6.42 Å². The number of hydrogen-bond donors (Lipinski definition) is 0. The van der Waals surface area contributed by atoms with E-state index in [1.807, 2.05) is 18.2 Å². The van der Waals surface area contributed by atoms with E-state index in [1.165, 1.54) is 19.3 Å². The molecule has 1 heterocycles. The summed E-state index contributed by atoms with van der Waals surface area (Å²) in [7, 11) is 1.64. The lowest BCUT2D eigenvalue weighted by Gasteiger charge is -2.25. The molecule has 0 N–H and O–H groups in total. The molecule has 3 heteroatoms. The van der Waals surface area contributed by atoms with Crippen molar-refractivity contribution in [1.82, 2.24) is 4.98 Å². The van der Waals surface area contributed by atoms with Crippen LogP contribution < -0.4 is 9.47 Å². The molecule has 0 unspecified atom stereocenters. The summed E-state index contributed by atoms with van der Waals surface area (Å²) in [5.74, 6) is 2.35. The molecule has 0 amide bonds. The Balaban J connectivity index is 1.81. The summed E-state index contributed by atoms with van der Waals surface area (Å²) in [5, 5.41) is 2.13. The van der Waals surface area contributed by atoms with Crippen LogP contribution in [-0.4, -0.2) is 18.7 Å². The van der Waals surface area contributed by atoms with Gasteiger partial charge in [0.05, 0.1) is 13.7 Å². The fraction of sp³-hybridized carbons (Fsp3) is 0.400.